The maximum absolute atomic E-state index is 11.9. The highest BCUT2D eigenvalue weighted by Gasteiger charge is 2.06. The van der Waals surface area contributed by atoms with E-state index in [2.05, 4.69) is 5.32 Å². The Bertz CT molecular complexity index is 761. The summed E-state index contributed by atoms with van der Waals surface area (Å²) in [5, 5.41) is 12.3. The second-order valence-electron chi connectivity index (χ2n) is 5.57. The van der Waals surface area contributed by atoms with Gasteiger partial charge in [0.05, 0.1) is 17.7 Å². The first-order valence-electron chi connectivity index (χ1n) is 7.91. The van der Waals surface area contributed by atoms with Gasteiger partial charge in [0.1, 0.15) is 5.75 Å². The lowest BCUT2D eigenvalue weighted by Crippen LogP contribution is -2.25. The van der Waals surface area contributed by atoms with Crippen LogP contribution in [-0.2, 0) is 17.6 Å². The summed E-state index contributed by atoms with van der Waals surface area (Å²) in [6, 6.07) is 12.2. The van der Waals surface area contributed by atoms with Gasteiger partial charge in [-0.1, -0.05) is 29.8 Å². The van der Waals surface area contributed by atoms with Crippen molar-refractivity contribution in [3.63, 3.8) is 0 Å². The van der Waals surface area contributed by atoms with Gasteiger partial charge in [-0.3, -0.25) is 4.79 Å². The van der Waals surface area contributed by atoms with Crippen LogP contribution >= 0.6 is 11.6 Å². The molecule has 132 valence electrons. The third-order valence-electron chi connectivity index (χ3n) is 3.77. The van der Waals surface area contributed by atoms with Crippen molar-refractivity contribution >= 4 is 23.5 Å². The van der Waals surface area contributed by atoms with Crippen molar-refractivity contribution in [2.24, 2.45) is 0 Å². The third-order valence-corrected chi connectivity index (χ3v) is 4.06. The minimum atomic E-state index is -0.955. The highest BCUT2D eigenvalue weighted by molar-refractivity contribution is 6.32. The van der Waals surface area contributed by atoms with Crippen LogP contribution < -0.4 is 10.1 Å². The van der Waals surface area contributed by atoms with E-state index < -0.39 is 5.97 Å². The quantitative estimate of drug-likeness (QED) is 0.756. The summed E-state index contributed by atoms with van der Waals surface area (Å²) in [7, 11) is 1.56. The lowest BCUT2D eigenvalue weighted by Gasteiger charge is -2.08. The van der Waals surface area contributed by atoms with Crippen LogP contribution in [0.2, 0.25) is 5.02 Å². The molecule has 0 aliphatic rings. The molecule has 0 radical (unpaired) electrons. The first-order chi connectivity index (χ1) is 12.0. The number of halogens is 1. The van der Waals surface area contributed by atoms with Gasteiger partial charge in [-0.25, -0.2) is 4.79 Å². The first kappa shape index (κ1) is 18.8. The summed E-state index contributed by atoms with van der Waals surface area (Å²) in [6.07, 6.45) is 1.53. The van der Waals surface area contributed by atoms with Crippen LogP contribution in [0.5, 0.6) is 5.75 Å². The number of hydrogen-bond donors (Lipinski definition) is 2. The van der Waals surface area contributed by atoms with Crippen LogP contribution in [-0.4, -0.2) is 30.6 Å². The molecule has 0 aliphatic heterocycles. The highest BCUT2D eigenvalue weighted by Crippen LogP contribution is 2.25. The van der Waals surface area contributed by atoms with E-state index in [9.17, 15) is 9.59 Å². The van der Waals surface area contributed by atoms with Crippen LogP contribution in [0.3, 0.4) is 0 Å². The lowest BCUT2D eigenvalue weighted by atomic mass is 10.1. The maximum atomic E-state index is 11.9. The van der Waals surface area contributed by atoms with Gasteiger partial charge >= 0.3 is 5.97 Å². The van der Waals surface area contributed by atoms with E-state index in [-0.39, 0.29) is 11.5 Å². The number of aryl methyl sites for hydroxylation is 1. The number of carbonyl (C=O) groups is 2. The molecule has 1 amide bonds. The van der Waals surface area contributed by atoms with Crippen molar-refractivity contribution in [1.29, 1.82) is 0 Å². The van der Waals surface area contributed by atoms with E-state index in [0.29, 0.717) is 36.6 Å². The van der Waals surface area contributed by atoms with E-state index >= 15 is 0 Å². The van der Waals surface area contributed by atoms with Gasteiger partial charge < -0.3 is 15.2 Å². The number of nitrogens with one attached hydrogen (secondary N) is 1. The van der Waals surface area contributed by atoms with Crippen molar-refractivity contribution in [2.75, 3.05) is 13.7 Å². The number of amides is 1. The fourth-order valence-corrected chi connectivity index (χ4v) is 2.70. The van der Waals surface area contributed by atoms with Gasteiger partial charge in [-0.05, 0) is 48.2 Å². The predicted octanol–water partition coefficient (Wildman–Crippen LogP) is 3.34. The SMILES string of the molecule is COc1ccc(CCC(=O)NCCc2cccc(C(=O)O)c2)cc1Cl. The van der Waals surface area contributed by atoms with Crippen molar-refractivity contribution in [3.8, 4) is 5.75 Å². The van der Waals surface area contributed by atoms with Crippen LogP contribution in [0.25, 0.3) is 0 Å². The van der Waals surface area contributed by atoms with Crippen LogP contribution in [0, 0.1) is 0 Å². The van der Waals surface area contributed by atoms with Crippen molar-refractivity contribution < 1.29 is 19.4 Å². The zero-order valence-electron chi connectivity index (χ0n) is 13.9. The van der Waals surface area contributed by atoms with Gasteiger partial charge in [-0.15, -0.1) is 0 Å². The number of methoxy groups -OCH3 is 1. The second-order valence-corrected chi connectivity index (χ2v) is 5.98. The fourth-order valence-electron chi connectivity index (χ4n) is 2.42. The van der Waals surface area contributed by atoms with Crippen molar-refractivity contribution in [3.05, 3.63) is 64.2 Å². The van der Waals surface area contributed by atoms with Gasteiger partial charge in [-0.2, -0.15) is 0 Å². The standard InChI is InChI=1S/C19H20ClNO4/c1-25-17-7-5-14(12-16(17)20)6-8-18(22)21-10-9-13-3-2-4-15(11-13)19(23)24/h2-5,7,11-12H,6,8-10H2,1H3,(H,21,22)(H,23,24). The maximum Gasteiger partial charge on any atom is 0.335 e. The Hall–Kier alpha value is -2.53. The van der Waals surface area contributed by atoms with Gasteiger partial charge in [0.15, 0.2) is 0 Å². The Balaban J connectivity index is 1.76. The number of rotatable bonds is 8. The molecule has 0 aliphatic carbocycles. The molecule has 25 heavy (non-hydrogen) atoms. The number of aromatic carboxylic acids is 1. The molecule has 0 aromatic heterocycles. The smallest absolute Gasteiger partial charge is 0.335 e. The Morgan fingerprint density at radius 3 is 2.56 bits per heavy atom. The number of benzene rings is 2. The Kier molecular flexibility index (Phi) is 6.83. The topological polar surface area (TPSA) is 75.6 Å². The lowest BCUT2D eigenvalue weighted by molar-refractivity contribution is -0.121. The molecule has 0 heterocycles. The average molecular weight is 362 g/mol. The van der Waals surface area contributed by atoms with E-state index in [1.807, 2.05) is 12.1 Å². The predicted molar refractivity (Wildman–Crippen MR) is 96.4 cm³/mol. The number of carboxylic acid groups (broad SMARTS) is 1. The first-order valence-corrected chi connectivity index (χ1v) is 8.28. The number of carbonyl (C=O) groups excluding carboxylic acids is 1. The molecule has 0 atom stereocenters. The molecule has 0 saturated carbocycles. The number of carboxylic acids is 1. The summed E-state index contributed by atoms with van der Waals surface area (Å²) >= 11 is 6.06. The third kappa shape index (κ3) is 5.80. The van der Waals surface area contributed by atoms with Crippen molar-refractivity contribution in [1.82, 2.24) is 5.32 Å². The highest BCUT2D eigenvalue weighted by atomic mass is 35.5. The van der Waals surface area contributed by atoms with Crippen LogP contribution in [0.1, 0.15) is 27.9 Å². The monoisotopic (exact) mass is 361 g/mol. The second kappa shape index (κ2) is 9.08. The van der Waals surface area contributed by atoms with Crippen LogP contribution in [0.15, 0.2) is 42.5 Å². The molecule has 6 heteroatoms. The van der Waals surface area contributed by atoms with Gasteiger partial charge in [0, 0.05) is 13.0 Å². The van der Waals surface area contributed by atoms with E-state index in [0.717, 1.165) is 11.1 Å². The Morgan fingerprint density at radius 2 is 1.88 bits per heavy atom. The summed E-state index contributed by atoms with van der Waals surface area (Å²) < 4.78 is 5.10. The minimum absolute atomic E-state index is 0.0543. The zero-order valence-corrected chi connectivity index (χ0v) is 14.7. The molecular formula is C19H20ClNO4. The van der Waals surface area contributed by atoms with Crippen LogP contribution in [0.4, 0.5) is 0 Å². The number of ether oxygens (including phenoxy) is 1. The molecular weight excluding hydrogens is 342 g/mol. The van der Waals surface area contributed by atoms with E-state index in [4.69, 9.17) is 21.4 Å². The largest absolute Gasteiger partial charge is 0.495 e. The molecule has 0 saturated heterocycles. The van der Waals surface area contributed by atoms with Crippen molar-refractivity contribution in [2.45, 2.75) is 19.3 Å². The van der Waals surface area contributed by atoms with Gasteiger partial charge in [0.25, 0.3) is 0 Å². The molecule has 5 nitrogen and oxygen atoms in total. The minimum Gasteiger partial charge on any atom is -0.495 e. The Morgan fingerprint density at radius 1 is 1.12 bits per heavy atom. The molecule has 2 rings (SSSR count). The molecule has 2 aromatic carbocycles. The summed E-state index contributed by atoms with van der Waals surface area (Å²) in [5.41, 5.74) is 2.09. The molecule has 0 unspecified atom stereocenters. The number of hydrogen-bond acceptors (Lipinski definition) is 3. The fraction of sp³-hybridized carbons (Fsp3) is 0.263. The molecule has 0 spiro atoms. The Labute approximate surface area is 151 Å². The summed E-state index contributed by atoms with van der Waals surface area (Å²) in [4.78, 5) is 22.9. The van der Waals surface area contributed by atoms with Gasteiger partial charge in [0.2, 0.25) is 5.91 Å². The zero-order chi connectivity index (χ0) is 18.2. The van der Waals surface area contributed by atoms with E-state index in [1.165, 1.54) is 0 Å². The molecule has 2 N–H and O–H groups in total. The molecule has 2 aromatic rings. The summed E-state index contributed by atoms with van der Waals surface area (Å²) in [5.74, 6) is -0.399. The average Bonchev–Trinajstić information content (AvgIpc) is 2.60. The summed E-state index contributed by atoms with van der Waals surface area (Å²) in [6.45, 7) is 0.464. The van der Waals surface area contributed by atoms with E-state index in [1.54, 1.807) is 37.4 Å². The molecule has 0 fully saturated rings. The normalized spacial score (nSPS) is 10.3. The molecule has 0 bridgehead atoms.